The minimum absolute atomic E-state index is 0.150. The van der Waals surface area contributed by atoms with E-state index in [0.29, 0.717) is 30.8 Å². The summed E-state index contributed by atoms with van der Waals surface area (Å²) in [6.45, 7) is 4.26. The molecule has 0 atom stereocenters. The highest BCUT2D eigenvalue weighted by atomic mass is 16.6. The van der Waals surface area contributed by atoms with E-state index >= 15 is 0 Å². The number of hydrogen-bond acceptors (Lipinski definition) is 5. The monoisotopic (exact) mass is 338 g/mol. The second-order valence-corrected chi connectivity index (χ2v) is 5.77. The van der Waals surface area contributed by atoms with E-state index in [1.165, 1.54) is 0 Å². The average molecular weight is 338 g/mol. The Morgan fingerprint density at radius 2 is 2.00 bits per heavy atom. The van der Waals surface area contributed by atoms with Crippen LogP contribution in [0.5, 0.6) is 11.5 Å². The molecule has 0 radical (unpaired) electrons. The highest BCUT2D eigenvalue weighted by Crippen LogP contribution is 2.30. The van der Waals surface area contributed by atoms with Gasteiger partial charge in [-0.05, 0) is 42.8 Å². The van der Waals surface area contributed by atoms with Gasteiger partial charge in [0.25, 0.3) is 5.91 Å². The van der Waals surface area contributed by atoms with Crippen molar-refractivity contribution in [3.63, 3.8) is 0 Å². The molecular formula is C18H18N4O3. The molecule has 0 spiro atoms. The molecule has 1 aromatic heterocycles. The summed E-state index contributed by atoms with van der Waals surface area (Å²) in [4.78, 5) is 12.4. The van der Waals surface area contributed by atoms with E-state index in [-0.39, 0.29) is 5.91 Å². The van der Waals surface area contributed by atoms with Gasteiger partial charge in [-0.2, -0.15) is 0 Å². The van der Waals surface area contributed by atoms with E-state index in [1.807, 2.05) is 31.2 Å². The second-order valence-electron chi connectivity index (χ2n) is 5.77. The summed E-state index contributed by atoms with van der Waals surface area (Å²) >= 11 is 0. The van der Waals surface area contributed by atoms with Crippen molar-refractivity contribution in [2.24, 2.45) is 0 Å². The van der Waals surface area contributed by atoms with Crippen molar-refractivity contribution in [1.82, 2.24) is 20.3 Å². The molecule has 0 saturated heterocycles. The molecule has 0 fully saturated rings. The van der Waals surface area contributed by atoms with Crippen LogP contribution in [0.25, 0.3) is 11.0 Å². The van der Waals surface area contributed by atoms with Crippen molar-refractivity contribution in [3.05, 3.63) is 47.5 Å². The predicted molar refractivity (Wildman–Crippen MR) is 91.8 cm³/mol. The average Bonchev–Trinajstić information content (AvgIpc) is 3.08. The number of aryl methyl sites for hydroxylation is 1. The third-order valence-electron chi connectivity index (χ3n) is 4.14. The van der Waals surface area contributed by atoms with Crippen molar-refractivity contribution < 1.29 is 14.3 Å². The first-order valence-electron chi connectivity index (χ1n) is 8.24. The molecule has 2 heterocycles. The van der Waals surface area contributed by atoms with Gasteiger partial charge in [0.15, 0.2) is 11.5 Å². The fraction of sp³-hybridized carbons (Fsp3) is 0.278. The van der Waals surface area contributed by atoms with Gasteiger partial charge in [-0.25, -0.2) is 4.68 Å². The van der Waals surface area contributed by atoms with Gasteiger partial charge in [0.1, 0.15) is 18.7 Å². The lowest BCUT2D eigenvalue weighted by atomic mass is 10.1. The van der Waals surface area contributed by atoms with Gasteiger partial charge in [0, 0.05) is 18.7 Å². The number of hydrogen-bond donors (Lipinski definition) is 1. The molecule has 0 aliphatic carbocycles. The lowest BCUT2D eigenvalue weighted by Gasteiger charge is -2.19. The molecule has 3 aromatic rings. The van der Waals surface area contributed by atoms with E-state index in [2.05, 4.69) is 15.6 Å². The van der Waals surface area contributed by atoms with Gasteiger partial charge in [-0.15, -0.1) is 5.10 Å². The Balaban J connectivity index is 1.47. The number of carbonyl (C=O) groups is 1. The number of carbonyl (C=O) groups excluding carboxylic acids is 1. The smallest absolute Gasteiger partial charge is 0.251 e. The fourth-order valence-corrected chi connectivity index (χ4v) is 2.83. The van der Waals surface area contributed by atoms with E-state index in [0.717, 1.165) is 29.1 Å². The van der Waals surface area contributed by atoms with Gasteiger partial charge in [0.05, 0.1) is 5.52 Å². The van der Waals surface area contributed by atoms with Crippen LogP contribution in [0.1, 0.15) is 22.8 Å². The van der Waals surface area contributed by atoms with E-state index in [4.69, 9.17) is 9.47 Å². The molecule has 0 bridgehead atoms. The molecular weight excluding hydrogens is 320 g/mol. The molecule has 128 valence electrons. The minimum Gasteiger partial charge on any atom is -0.486 e. The van der Waals surface area contributed by atoms with Crippen LogP contribution in [0.4, 0.5) is 0 Å². The molecule has 1 amide bonds. The number of nitrogens with one attached hydrogen (secondary N) is 1. The number of aromatic nitrogens is 3. The highest BCUT2D eigenvalue weighted by molar-refractivity contribution is 5.97. The van der Waals surface area contributed by atoms with Crippen molar-refractivity contribution in [3.8, 4) is 11.5 Å². The quantitative estimate of drug-likeness (QED) is 0.789. The summed E-state index contributed by atoms with van der Waals surface area (Å²) in [6.07, 6.45) is 0. The van der Waals surface area contributed by atoms with Crippen LogP contribution < -0.4 is 14.8 Å². The molecule has 1 N–H and O–H groups in total. The van der Waals surface area contributed by atoms with Crippen LogP contribution in [-0.4, -0.2) is 34.1 Å². The minimum atomic E-state index is -0.150. The molecule has 7 heteroatoms. The van der Waals surface area contributed by atoms with E-state index < -0.39 is 0 Å². The topological polar surface area (TPSA) is 78.3 Å². The molecule has 1 aliphatic heterocycles. The maximum absolute atomic E-state index is 12.4. The second kappa shape index (κ2) is 6.43. The first-order valence-corrected chi connectivity index (χ1v) is 8.24. The molecule has 0 unspecified atom stereocenters. The van der Waals surface area contributed by atoms with Gasteiger partial charge in [-0.3, -0.25) is 4.79 Å². The normalized spacial score (nSPS) is 13.0. The standard InChI is InChI=1S/C18H18N4O3/c1-2-22-15-5-4-13(10-14(15)20-21-22)18(23)19-11-12-3-6-16-17(9-12)25-8-7-24-16/h3-6,9-10H,2,7-8,11H2,1H3,(H,19,23). The van der Waals surface area contributed by atoms with E-state index in [9.17, 15) is 4.79 Å². The zero-order valence-electron chi connectivity index (χ0n) is 13.9. The van der Waals surface area contributed by atoms with Crippen LogP contribution in [0.15, 0.2) is 36.4 Å². The van der Waals surface area contributed by atoms with Crippen molar-refractivity contribution in [1.29, 1.82) is 0 Å². The molecule has 7 nitrogen and oxygen atoms in total. The Bertz CT molecular complexity index is 935. The maximum Gasteiger partial charge on any atom is 0.251 e. The summed E-state index contributed by atoms with van der Waals surface area (Å²) in [5.41, 5.74) is 3.16. The summed E-state index contributed by atoms with van der Waals surface area (Å²) < 4.78 is 12.9. The molecule has 25 heavy (non-hydrogen) atoms. The Kier molecular flexibility index (Phi) is 3.97. The predicted octanol–water partition coefficient (Wildman–Crippen LogP) is 2.15. The molecule has 2 aromatic carbocycles. The first kappa shape index (κ1) is 15.4. The van der Waals surface area contributed by atoms with Crippen LogP contribution in [0.3, 0.4) is 0 Å². The zero-order chi connectivity index (χ0) is 17.2. The Morgan fingerprint density at radius 1 is 1.16 bits per heavy atom. The Labute approximate surface area is 144 Å². The Hall–Kier alpha value is -3.09. The van der Waals surface area contributed by atoms with Gasteiger partial charge in [0.2, 0.25) is 0 Å². The van der Waals surface area contributed by atoms with Crippen LogP contribution in [0, 0.1) is 0 Å². The number of rotatable bonds is 4. The molecule has 4 rings (SSSR count). The third-order valence-corrected chi connectivity index (χ3v) is 4.14. The van der Waals surface area contributed by atoms with Gasteiger partial charge >= 0.3 is 0 Å². The lowest BCUT2D eigenvalue weighted by Crippen LogP contribution is -2.23. The highest BCUT2D eigenvalue weighted by Gasteiger charge is 2.13. The summed E-state index contributed by atoms with van der Waals surface area (Å²) in [5.74, 6) is 1.31. The number of amides is 1. The van der Waals surface area contributed by atoms with Crippen molar-refractivity contribution in [2.45, 2.75) is 20.0 Å². The molecule has 1 aliphatic rings. The van der Waals surface area contributed by atoms with Gasteiger partial charge in [-0.1, -0.05) is 11.3 Å². The SMILES string of the molecule is CCn1nnc2cc(C(=O)NCc3ccc4c(c3)OCCO4)ccc21. The number of fused-ring (bicyclic) bond motifs is 2. The lowest BCUT2D eigenvalue weighted by molar-refractivity contribution is 0.0951. The third kappa shape index (κ3) is 3.00. The van der Waals surface area contributed by atoms with Crippen molar-refractivity contribution in [2.75, 3.05) is 13.2 Å². The van der Waals surface area contributed by atoms with E-state index in [1.54, 1.807) is 16.8 Å². The summed E-state index contributed by atoms with van der Waals surface area (Å²) in [5, 5.41) is 11.1. The zero-order valence-corrected chi connectivity index (χ0v) is 13.9. The van der Waals surface area contributed by atoms with Gasteiger partial charge < -0.3 is 14.8 Å². The fourth-order valence-electron chi connectivity index (χ4n) is 2.83. The number of ether oxygens (including phenoxy) is 2. The maximum atomic E-state index is 12.4. The van der Waals surface area contributed by atoms with Crippen LogP contribution in [0.2, 0.25) is 0 Å². The largest absolute Gasteiger partial charge is 0.486 e. The number of benzene rings is 2. The Morgan fingerprint density at radius 3 is 2.84 bits per heavy atom. The molecule has 0 saturated carbocycles. The number of nitrogens with zero attached hydrogens (tertiary/aromatic N) is 3. The first-order chi connectivity index (χ1) is 12.2. The van der Waals surface area contributed by atoms with Crippen molar-refractivity contribution >= 4 is 16.9 Å². The summed E-state index contributed by atoms with van der Waals surface area (Å²) in [7, 11) is 0. The van der Waals surface area contributed by atoms with Crippen LogP contribution in [-0.2, 0) is 13.1 Å². The van der Waals surface area contributed by atoms with Crippen LogP contribution >= 0.6 is 0 Å². The summed E-state index contributed by atoms with van der Waals surface area (Å²) in [6, 6.07) is 11.1.